The molecule has 0 spiro atoms. The average Bonchev–Trinajstić information content (AvgIpc) is 2.69. The highest BCUT2D eigenvalue weighted by Crippen LogP contribution is 2.28. The molecular formula is C23H43NO3S. The van der Waals surface area contributed by atoms with Gasteiger partial charge < -0.3 is 5.11 Å². The third-order valence-electron chi connectivity index (χ3n) is 6.05. The van der Waals surface area contributed by atoms with Crippen molar-refractivity contribution in [2.75, 3.05) is 6.26 Å². The van der Waals surface area contributed by atoms with E-state index < -0.39 is 17.6 Å². The molecule has 0 aliphatic carbocycles. The van der Waals surface area contributed by atoms with Crippen LogP contribution in [0.2, 0.25) is 0 Å². The summed E-state index contributed by atoms with van der Waals surface area (Å²) in [5.41, 5.74) is -0.773. The fourth-order valence-corrected chi connectivity index (χ4v) is 4.58. The second kappa shape index (κ2) is 14.2. The minimum absolute atomic E-state index is 0.0545. The van der Waals surface area contributed by atoms with Crippen molar-refractivity contribution in [3.8, 4) is 0 Å². The minimum atomic E-state index is -0.883. The summed E-state index contributed by atoms with van der Waals surface area (Å²) in [4.78, 5) is 25.4. The summed E-state index contributed by atoms with van der Waals surface area (Å²) < 4.78 is 0. The van der Waals surface area contributed by atoms with Crippen LogP contribution in [0.1, 0.15) is 86.0 Å². The maximum Gasteiger partial charge on any atom is 0.320 e. The Labute approximate surface area is 177 Å². The van der Waals surface area contributed by atoms with Crippen molar-refractivity contribution < 1.29 is 14.7 Å². The number of Topliss-reactive ketones (excluding diaryl/α,β-unsaturated/α-hetero) is 1. The first kappa shape index (κ1) is 27.2. The molecule has 2 N–H and O–H groups in total. The van der Waals surface area contributed by atoms with E-state index in [4.69, 9.17) is 0 Å². The van der Waals surface area contributed by atoms with Crippen molar-refractivity contribution in [2.45, 2.75) is 103 Å². The molecule has 0 fully saturated rings. The lowest BCUT2D eigenvalue weighted by molar-refractivity contribution is -0.142. The summed E-state index contributed by atoms with van der Waals surface area (Å²) in [6.45, 7) is 13.9. The standard InChI is InChI=1S/C23H43NO3S/c1-8-12-13-14-15-17(5)21(25)23(10-3,11-4)24-20(22(26)27)18(6)16-19(9-2)28-7/h9,17-20,24H,2,8,10-16H2,1,3-7H3,(H,26,27). The number of unbranched alkanes of at least 4 members (excludes halogenated alkanes) is 3. The van der Waals surface area contributed by atoms with E-state index in [1.807, 2.05) is 40.0 Å². The van der Waals surface area contributed by atoms with Gasteiger partial charge in [0, 0.05) is 11.2 Å². The number of thioether (sulfide) groups is 1. The Morgan fingerprint density at radius 3 is 2.18 bits per heavy atom. The van der Waals surface area contributed by atoms with Crippen molar-refractivity contribution in [3.05, 3.63) is 12.7 Å². The van der Waals surface area contributed by atoms with Crippen LogP contribution >= 0.6 is 11.8 Å². The number of nitrogens with one attached hydrogen (secondary N) is 1. The number of rotatable bonds is 17. The molecule has 0 aliphatic heterocycles. The monoisotopic (exact) mass is 413 g/mol. The summed E-state index contributed by atoms with van der Waals surface area (Å²) in [5, 5.41) is 13.4. The molecule has 0 bridgehead atoms. The van der Waals surface area contributed by atoms with E-state index in [1.165, 1.54) is 12.8 Å². The molecule has 0 rings (SSSR count). The zero-order valence-corrected chi connectivity index (χ0v) is 19.7. The average molecular weight is 414 g/mol. The molecule has 0 radical (unpaired) electrons. The highest BCUT2D eigenvalue weighted by Gasteiger charge is 2.41. The number of ketones is 1. The largest absolute Gasteiger partial charge is 0.480 e. The van der Waals surface area contributed by atoms with E-state index >= 15 is 0 Å². The topological polar surface area (TPSA) is 66.4 Å². The molecule has 164 valence electrons. The van der Waals surface area contributed by atoms with Crippen LogP contribution in [0.3, 0.4) is 0 Å². The fourth-order valence-electron chi connectivity index (χ4n) is 3.89. The van der Waals surface area contributed by atoms with Crippen LogP contribution < -0.4 is 5.32 Å². The number of hydrogen-bond donors (Lipinski definition) is 2. The highest BCUT2D eigenvalue weighted by molar-refractivity contribution is 7.99. The van der Waals surface area contributed by atoms with Crippen LogP contribution in [0.5, 0.6) is 0 Å². The molecule has 0 aromatic heterocycles. The predicted molar refractivity (Wildman–Crippen MR) is 122 cm³/mol. The van der Waals surface area contributed by atoms with E-state index in [1.54, 1.807) is 11.8 Å². The van der Waals surface area contributed by atoms with Gasteiger partial charge in [0.1, 0.15) is 6.04 Å². The van der Waals surface area contributed by atoms with Crippen molar-refractivity contribution in [1.29, 1.82) is 0 Å². The second-order valence-corrected chi connectivity index (χ2v) is 9.16. The van der Waals surface area contributed by atoms with Gasteiger partial charge in [-0.05, 0) is 37.9 Å². The van der Waals surface area contributed by atoms with Crippen molar-refractivity contribution in [3.63, 3.8) is 0 Å². The number of carbonyl (C=O) groups is 2. The van der Waals surface area contributed by atoms with Crippen LogP contribution in [-0.4, -0.2) is 39.9 Å². The molecule has 4 unspecified atom stereocenters. The summed E-state index contributed by atoms with van der Waals surface area (Å²) in [5.74, 6) is -0.872. The maximum atomic E-state index is 13.3. The van der Waals surface area contributed by atoms with Crippen LogP contribution in [0, 0.1) is 11.8 Å². The first-order valence-corrected chi connectivity index (χ1v) is 12.2. The Morgan fingerprint density at radius 1 is 1.14 bits per heavy atom. The normalized spacial score (nSPS) is 16.2. The Hall–Kier alpha value is -0.810. The van der Waals surface area contributed by atoms with E-state index in [0.717, 1.165) is 25.7 Å². The van der Waals surface area contributed by atoms with Crippen molar-refractivity contribution in [1.82, 2.24) is 5.32 Å². The van der Waals surface area contributed by atoms with Gasteiger partial charge in [-0.2, -0.15) is 11.8 Å². The quantitative estimate of drug-likeness (QED) is 0.236. The lowest BCUT2D eigenvalue weighted by atomic mass is 9.78. The maximum absolute atomic E-state index is 13.3. The summed E-state index contributed by atoms with van der Waals surface area (Å²) in [6, 6.07) is -0.745. The minimum Gasteiger partial charge on any atom is -0.480 e. The molecule has 0 saturated carbocycles. The second-order valence-electron chi connectivity index (χ2n) is 8.09. The lowest BCUT2D eigenvalue weighted by Crippen LogP contribution is -2.60. The van der Waals surface area contributed by atoms with E-state index in [-0.39, 0.29) is 22.9 Å². The zero-order chi connectivity index (χ0) is 21.7. The van der Waals surface area contributed by atoms with Gasteiger partial charge in [0.05, 0.1) is 5.54 Å². The highest BCUT2D eigenvalue weighted by atomic mass is 32.2. The first-order valence-electron chi connectivity index (χ1n) is 10.9. The van der Waals surface area contributed by atoms with Crippen LogP contribution in [0.4, 0.5) is 0 Å². The van der Waals surface area contributed by atoms with Gasteiger partial charge in [-0.1, -0.05) is 66.4 Å². The number of carboxylic acids is 1. The molecule has 0 saturated heterocycles. The molecule has 4 nitrogen and oxygen atoms in total. The third-order valence-corrected chi connectivity index (χ3v) is 7.04. The van der Waals surface area contributed by atoms with E-state index in [0.29, 0.717) is 12.8 Å². The Kier molecular flexibility index (Phi) is 13.8. The van der Waals surface area contributed by atoms with Crippen molar-refractivity contribution in [2.24, 2.45) is 11.8 Å². The van der Waals surface area contributed by atoms with E-state index in [2.05, 4.69) is 18.8 Å². The van der Waals surface area contributed by atoms with Gasteiger partial charge in [0.25, 0.3) is 0 Å². The Balaban J connectivity index is 5.34. The number of hydrogen-bond acceptors (Lipinski definition) is 4. The molecule has 4 atom stereocenters. The first-order chi connectivity index (χ1) is 13.2. The SMILES string of the molecule is C=CC(CC(C)C(NC(CC)(CC)C(=O)C(C)CCCCCC)C(=O)O)SC. The molecule has 0 heterocycles. The number of carbonyl (C=O) groups excluding carboxylic acids is 1. The molecular weight excluding hydrogens is 370 g/mol. The zero-order valence-electron chi connectivity index (χ0n) is 18.9. The molecule has 0 aromatic rings. The van der Waals surface area contributed by atoms with E-state index in [9.17, 15) is 14.7 Å². The number of aliphatic carboxylic acids is 1. The van der Waals surface area contributed by atoms with Crippen LogP contribution in [0.25, 0.3) is 0 Å². The van der Waals surface area contributed by atoms with Crippen LogP contribution in [0.15, 0.2) is 12.7 Å². The summed E-state index contributed by atoms with van der Waals surface area (Å²) >= 11 is 1.68. The van der Waals surface area contributed by atoms with Gasteiger partial charge in [-0.15, -0.1) is 6.58 Å². The van der Waals surface area contributed by atoms with Crippen LogP contribution in [-0.2, 0) is 9.59 Å². The summed E-state index contributed by atoms with van der Waals surface area (Å²) in [7, 11) is 0. The molecule has 0 aliphatic rings. The van der Waals surface area contributed by atoms with Gasteiger partial charge in [0.2, 0.25) is 0 Å². The molecule has 28 heavy (non-hydrogen) atoms. The molecule has 5 heteroatoms. The predicted octanol–water partition coefficient (Wildman–Crippen LogP) is 5.71. The van der Waals surface area contributed by atoms with Gasteiger partial charge in [-0.3, -0.25) is 14.9 Å². The van der Waals surface area contributed by atoms with Gasteiger partial charge in [-0.25, -0.2) is 0 Å². The number of carboxylic acid groups (broad SMARTS) is 1. The van der Waals surface area contributed by atoms with Gasteiger partial charge in [0.15, 0.2) is 5.78 Å². The van der Waals surface area contributed by atoms with Crippen molar-refractivity contribution >= 4 is 23.5 Å². The summed E-state index contributed by atoms with van der Waals surface area (Å²) in [6.07, 6.45) is 11.3. The Bertz CT molecular complexity index is 476. The molecule has 0 amide bonds. The lowest BCUT2D eigenvalue weighted by Gasteiger charge is -2.38. The smallest absolute Gasteiger partial charge is 0.320 e. The fraction of sp³-hybridized carbons (Fsp3) is 0.826. The van der Waals surface area contributed by atoms with Gasteiger partial charge >= 0.3 is 5.97 Å². The third kappa shape index (κ3) is 8.28. The molecule has 0 aromatic carbocycles. The Morgan fingerprint density at radius 2 is 1.75 bits per heavy atom.